The molecule has 0 unspecified atom stereocenters. The lowest BCUT2D eigenvalue weighted by Crippen LogP contribution is -2.44. The number of carboxylic acid groups (broad SMARTS) is 1. The highest BCUT2D eigenvalue weighted by Crippen LogP contribution is 2.21. The number of carboxylic acids is 1. The highest BCUT2D eigenvalue weighted by molar-refractivity contribution is 5.85. The summed E-state index contributed by atoms with van der Waals surface area (Å²) < 4.78 is 5.54. The number of likely N-dealkylation sites (tertiary alicyclic amines) is 1. The number of hydrogen-bond donors (Lipinski definition) is 1. The molecule has 6 heteroatoms. The van der Waals surface area contributed by atoms with Gasteiger partial charge in [0.05, 0.1) is 24.2 Å². The summed E-state index contributed by atoms with van der Waals surface area (Å²) in [7, 11) is 0. The first-order chi connectivity index (χ1) is 10.5. The van der Waals surface area contributed by atoms with Crippen molar-refractivity contribution in [2.75, 3.05) is 13.2 Å². The summed E-state index contributed by atoms with van der Waals surface area (Å²) in [5.41, 5.74) is 0.540. The van der Waals surface area contributed by atoms with Gasteiger partial charge in [0, 0.05) is 6.54 Å². The summed E-state index contributed by atoms with van der Waals surface area (Å²) in [6.07, 6.45) is 1.22. The topological polar surface area (TPSA) is 90.6 Å². The van der Waals surface area contributed by atoms with Crippen LogP contribution in [0.15, 0.2) is 24.3 Å². The fourth-order valence-electron chi connectivity index (χ4n) is 2.49. The molecule has 1 aromatic carbocycles. The fraction of sp³-hybridized carbons (Fsp3) is 0.438. The van der Waals surface area contributed by atoms with E-state index in [2.05, 4.69) is 0 Å². The van der Waals surface area contributed by atoms with Gasteiger partial charge in [0.1, 0.15) is 11.8 Å². The summed E-state index contributed by atoms with van der Waals surface area (Å²) in [6, 6.07) is 7.93. The van der Waals surface area contributed by atoms with Gasteiger partial charge in [-0.25, -0.2) is 4.79 Å². The summed E-state index contributed by atoms with van der Waals surface area (Å²) in [6.45, 7) is 2.38. The maximum absolute atomic E-state index is 12.3. The van der Waals surface area contributed by atoms with E-state index in [1.165, 1.54) is 4.90 Å². The number of carbonyl (C=O) groups is 2. The fourth-order valence-corrected chi connectivity index (χ4v) is 2.49. The Morgan fingerprint density at radius 1 is 1.45 bits per heavy atom. The predicted octanol–water partition coefficient (Wildman–Crippen LogP) is 1.65. The molecule has 0 spiro atoms. The van der Waals surface area contributed by atoms with Crippen molar-refractivity contribution in [3.63, 3.8) is 0 Å². The Hall–Kier alpha value is -2.55. The van der Waals surface area contributed by atoms with E-state index >= 15 is 0 Å². The number of nitrogens with zero attached hydrogens (tertiary/aromatic N) is 2. The Kier molecular flexibility index (Phi) is 4.99. The molecule has 0 aromatic heterocycles. The molecule has 1 aromatic rings. The molecular weight excluding hydrogens is 284 g/mol. The van der Waals surface area contributed by atoms with Crippen molar-refractivity contribution in [3.8, 4) is 11.8 Å². The Balaban J connectivity index is 1.91. The lowest BCUT2D eigenvalue weighted by Gasteiger charge is -2.24. The molecule has 0 radical (unpaired) electrons. The molecule has 0 saturated carbocycles. The van der Waals surface area contributed by atoms with Crippen LogP contribution >= 0.6 is 0 Å². The summed E-state index contributed by atoms with van der Waals surface area (Å²) in [4.78, 5) is 24.9. The highest BCUT2D eigenvalue weighted by Gasteiger charge is 2.35. The van der Waals surface area contributed by atoms with Crippen molar-refractivity contribution in [1.82, 2.24) is 4.90 Å². The van der Waals surface area contributed by atoms with E-state index in [9.17, 15) is 9.59 Å². The third-order valence-electron chi connectivity index (χ3n) is 3.73. The van der Waals surface area contributed by atoms with Crippen LogP contribution in [0.5, 0.6) is 5.75 Å². The third kappa shape index (κ3) is 3.55. The van der Waals surface area contributed by atoms with E-state index in [-0.39, 0.29) is 12.5 Å². The molecule has 1 aliphatic rings. The Bertz CT molecular complexity index is 591. The molecule has 1 fully saturated rings. The third-order valence-corrected chi connectivity index (χ3v) is 3.73. The number of ether oxygens (including phenoxy) is 1. The van der Waals surface area contributed by atoms with Gasteiger partial charge in [-0.1, -0.05) is 6.92 Å². The zero-order valence-corrected chi connectivity index (χ0v) is 12.4. The number of hydrogen-bond acceptors (Lipinski definition) is 4. The van der Waals surface area contributed by atoms with Crippen LogP contribution < -0.4 is 4.74 Å². The minimum atomic E-state index is -0.953. The quantitative estimate of drug-likeness (QED) is 0.893. The van der Waals surface area contributed by atoms with Gasteiger partial charge < -0.3 is 14.7 Å². The molecule has 2 rings (SSSR count). The molecule has 1 N–H and O–H groups in total. The normalized spacial score (nSPS) is 18.5. The largest absolute Gasteiger partial charge is 0.493 e. The average Bonchev–Trinajstić information content (AvgIpc) is 3.02. The first-order valence-corrected chi connectivity index (χ1v) is 7.19. The second kappa shape index (κ2) is 6.94. The van der Waals surface area contributed by atoms with Crippen molar-refractivity contribution in [2.45, 2.75) is 25.8 Å². The molecule has 1 heterocycles. The van der Waals surface area contributed by atoms with Crippen LogP contribution in [0, 0.1) is 17.2 Å². The maximum Gasteiger partial charge on any atom is 0.326 e. The molecule has 6 nitrogen and oxygen atoms in total. The zero-order valence-electron chi connectivity index (χ0n) is 12.4. The van der Waals surface area contributed by atoms with Gasteiger partial charge >= 0.3 is 5.97 Å². The van der Waals surface area contributed by atoms with Crippen LogP contribution in [-0.4, -0.2) is 41.1 Å². The Labute approximate surface area is 128 Å². The average molecular weight is 302 g/mol. The van der Waals surface area contributed by atoms with Crippen LogP contribution in [0.3, 0.4) is 0 Å². The maximum atomic E-state index is 12.3. The first-order valence-electron chi connectivity index (χ1n) is 7.19. The van der Waals surface area contributed by atoms with Crippen molar-refractivity contribution < 1.29 is 19.4 Å². The standard InChI is InChI=1S/C16H18N2O4/c1-11(10-22-13-6-4-12(9-17)5-7-13)15(19)18-8-2-3-14(18)16(20)21/h4-7,11,14H,2-3,8,10H2,1H3,(H,20,21)/t11-,14-/m0/s1. The van der Waals surface area contributed by atoms with Crippen molar-refractivity contribution in [3.05, 3.63) is 29.8 Å². The molecule has 1 saturated heterocycles. The number of benzene rings is 1. The molecular formula is C16H18N2O4. The SMILES string of the molecule is C[C@@H](COc1ccc(C#N)cc1)C(=O)N1CCC[C@H]1C(=O)O. The van der Waals surface area contributed by atoms with Crippen LogP contribution in [0.25, 0.3) is 0 Å². The summed E-state index contributed by atoms with van der Waals surface area (Å²) in [5, 5.41) is 17.8. The molecule has 22 heavy (non-hydrogen) atoms. The van der Waals surface area contributed by atoms with Gasteiger partial charge in [-0.2, -0.15) is 5.26 Å². The van der Waals surface area contributed by atoms with Crippen LogP contribution in [0.2, 0.25) is 0 Å². The number of nitriles is 1. The van der Waals surface area contributed by atoms with Crippen molar-refractivity contribution in [1.29, 1.82) is 5.26 Å². The zero-order chi connectivity index (χ0) is 16.1. The smallest absolute Gasteiger partial charge is 0.326 e. The van der Waals surface area contributed by atoms with Gasteiger partial charge in [-0.3, -0.25) is 4.79 Å². The van der Waals surface area contributed by atoms with Crippen molar-refractivity contribution in [2.24, 2.45) is 5.92 Å². The van der Waals surface area contributed by atoms with Gasteiger partial charge in [-0.15, -0.1) is 0 Å². The first kappa shape index (κ1) is 15.8. The van der Waals surface area contributed by atoms with E-state index in [0.717, 1.165) is 0 Å². The molecule has 0 aliphatic carbocycles. The van der Waals surface area contributed by atoms with E-state index in [1.54, 1.807) is 31.2 Å². The van der Waals surface area contributed by atoms with Gasteiger partial charge in [-0.05, 0) is 37.1 Å². The minimum absolute atomic E-state index is 0.174. The lowest BCUT2D eigenvalue weighted by molar-refractivity contribution is -0.150. The number of carbonyl (C=O) groups excluding carboxylic acids is 1. The highest BCUT2D eigenvalue weighted by atomic mass is 16.5. The lowest BCUT2D eigenvalue weighted by atomic mass is 10.1. The number of amides is 1. The van der Waals surface area contributed by atoms with Gasteiger partial charge in [0.2, 0.25) is 5.91 Å². The molecule has 116 valence electrons. The van der Waals surface area contributed by atoms with Gasteiger partial charge in [0.25, 0.3) is 0 Å². The van der Waals surface area contributed by atoms with Crippen LogP contribution in [-0.2, 0) is 9.59 Å². The predicted molar refractivity (Wildman–Crippen MR) is 78.2 cm³/mol. The second-order valence-corrected chi connectivity index (χ2v) is 5.38. The van der Waals surface area contributed by atoms with E-state index in [4.69, 9.17) is 15.1 Å². The number of aliphatic carboxylic acids is 1. The van der Waals surface area contributed by atoms with Crippen LogP contribution in [0.4, 0.5) is 0 Å². The Morgan fingerprint density at radius 2 is 2.14 bits per heavy atom. The monoisotopic (exact) mass is 302 g/mol. The summed E-state index contributed by atoms with van der Waals surface area (Å²) in [5.74, 6) is -0.991. The van der Waals surface area contributed by atoms with Crippen LogP contribution in [0.1, 0.15) is 25.3 Å². The molecule has 0 bridgehead atoms. The number of rotatable bonds is 5. The second-order valence-electron chi connectivity index (χ2n) is 5.38. The van der Waals surface area contributed by atoms with E-state index in [0.29, 0.717) is 30.7 Å². The van der Waals surface area contributed by atoms with E-state index in [1.807, 2.05) is 6.07 Å². The summed E-state index contributed by atoms with van der Waals surface area (Å²) >= 11 is 0. The molecule has 1 aliphatic heterocycles. The van der Waals surface area contributed by atoms with Crippen molar-refractivity contribution >= 4 is 11.9 Å². The van der Waals surface area contributed by atoms with Gasteiger partial charge in [0.15, 0.2) is 0 Å². The Morgan fingerprint density at radius 3 is 2.73 bits per heavy atom. The van der Waals surface area contributed by atoms with E-state index < -0.39 is 17.9 Å². The minimum Gasteiger partial charge on any atom is -0.493 e. The molecule has 2 atom stereocenters. The molecule has 1 amide bonds.